The van der Waals surface area contributed by atoms with Crippen molar-refractivity contribution in [2.24, 2.45) is 0 Å². The van der Waals surface area contributed by atoms with Gasteiger partial charge in [-0.25, -0.2) is 10.3 Å². The Morgan fingerprint density at radius 3 is 2.00 bits per heavy atom. The molecule has 1 amide bonds. The van der Waals surface area contributed by atoms with Gasteiger partial charge in [0.2, 0.25) is 0 Å². The molecule has 0 fully saturated rings. The van der Waals surface area contributed by atoms with E-state index >= 15 is 0 Å². The summed E-state index contributed by atoms with van der Waals surface area (Å²) in [5.41, 5.74) is -4.93. The first kappa shape index (κ1) is 19.5. The number of hydrogen-bond acceptors (Lipinski definition) is 2. The molecule has 26 heavy (non-hydrogen) atoms. The number of amides is 1. The Labute approximate surface area is 144 Å². The van der Waals surface area contributed by atoms with Gasteiger partial charge in [-0.05, 0) is 31.2 Å². The number of aromatic nitrogens is 1. The summed E-state index contributed by atoms with van der Waals surface area (Å²) in [7, 11) is 0. The number of alkyl halides is 6. The third kappa shape index (κ3) is 3.73. The molecule has 1 heterocycles. The molecule has 2 rings (SSSR count). The van der Waals surface area contributed by atoms with E-state index in [0.717, 1.165) is 23.6 Å². The maximum absolute atomic E-state index is 13.6. The van der Waals surface area contributed by atoms with E-state index in [-0.39, 0.29) is 11.1 Å². The zero-order valence-electron chi connectivity index (χ0n) is 13.3. The Balaban J connectivity index is 2.54. The van der Waals surface area contributed by atoms with Crippen molar-refractivity contribution in [3.63, 3.8) is 0 Å². The van der Waals surface area contributed by atoms with E-state index in [0.29, 0.717) is 0 Å². The van der Waals surface area contributed by atoms with Crippen LogP contribution >= 0.6 is 0 Å². The number of carbonyl (C=O) groups excluding carboxylic acids is 1. The number of nitrogens with one attached hydrogen (secondary N) is 3. The van der Waals surface area contributed by atoms with Crippen LogP contribution in [0.5, 0.6) is 0 Å². The molecule has 2 aromatic rings. The molecule has 4 nitrogen and oxygen atoms in total. The highest BCUT2D eigenvalue weighted by molar-refractivity contribution is 5.95. The smallest absolute Gasteiger partial charge is 0.296 e. The van der Waals surface area contributed by atoms with Gasteiger partial charge in [0, 0.05) is 11.1 Å². The number of rotatable bonds is 4. The van der Waals surface area contributed by atoms with Gasteiger partial charge in [0.15, 0.2) is 0 Å². The van der Waals surface area contributed by atoms with Crippen molar-refractivity contribution in [2.45, 2.75) is 24.9 Å². The number of hydrogen-bond donors (Lipinski definition) is 2. The number of halogens is 6. The minimum absolute atomic E-state index is 0.0966. The van der Waals surface area contributed by atoms with Crippen LogP contribution < -0.4 is 15.6 Å². The van der Waals surface area contributed by atoms with Crippen LogP contribution in [0.2, 0.25) is 0 Å². The largest absolute Gasteiger partial charge is 0.462 e. The van der Waals surface area contributed by atoms with Gasteiger partial charge >= 0.3 is 18.0 Å². The van der Waals surface area contributed by atoms with E-state index in [1.165, 1.54) is 42.6 Å². The quantitative estimate of drug-likeness (QED) is 0.632. The van der Waals surface area contributed by atoms with Crippen molar-refractivity contribution in [3.05, 3.63) is 59.8 Å². The van der Waals surface area contributed by atoms with Gasteiger partial charge in [-0.1, -0.05) is 18.2 Å². The van der Waals surface area contributed by atoms with E-state index in [1.807, 2.05) is 0 Å². The van der Waals surface area contributed by atoms with Gasteiger partial charge < -0.3 is 0 Å². The van der Waals surface area contributed by atoms with E-state index in [2.05, 4.69) is 4.98 Å². The fourth-order valence-corrected chi connectivity index (χ4v) is 2.15. The zero-order valence-corrected chi connectivity index (χ0v) is 13.3. The monoisotopic (exact) mass is 378 g/mol. The minimum Gasteiger partial charge on any atom is -0.296 e. The number of benzene rings is 1. The van der Waals surface area contributed by atoms with Gasteiger partial charge in [0.05, 0.1) is 6.20 Å². The summed E-state index contributed by atoms with van der Waals surface area (Å²) in [4.78, 5) is 14.4. The number of carbonyl (C=O) groups is 1. The van der Waals surface area contributed by atoms with Crippen LogP contribution in [0.3, 0.4) is 0 Å². The first-order valence-corrected chi connectivity index (χ1v) is 7.24. The van der Waals surface area contributed by atoms with Gasteiger partial charge in [-0.15, -0.1) is 0 Å². The topological polar surface area (TPSA) is 55.3 Å². The SMILES string of the molecule is Cc1ccc[nH+]c1NC(NC(=O)c1ccccc1)(C(F)(F)F)C(F)(F)F. The highest BCUT2D eigenvalue weighted by Crippen LogP contribution is 2.43. The minimum atomic E-state index is -5.88. The average Bonchev–Trinajstić information content (AvgIpc) is 2.54. The van der Waals surface area contributed by atoms with Crippen molar-refractivity contribution in [1.82, 2.24) is 5.32 Å². The number of aromatic amines is 1. The fourth-order valence-electron chi connectivity index (χ4n) is 2.15. The number of H-pyrrole nitrogens is 1. The lowest BCUT2D eigenvalue weighted by molar-refractivity contribution is -0.367. The predicted octanol–water partition coefficient (Wildman–Crippen LogP) is 3.47. The third-order valence-electron chi connectivity index (χ3n) is 3.56. The van der Waals surface area contributed by atoms with Crippen LogP contribution in [0.15, 0.2) is 48.7 Å². The molecule has 0 aliphatic rings. The molecule has 0 saturated carbocycles. The maximum atomic E-state index is 13.6. The van der Waals surface area contributed by atoms with E-state index in [1.54, 1.807) is 0 Å². The molecule has 0 radical (unpaired) electrons. The van der Waals surface area contributed by atoms with Crippen molar-refractivity contribution in [3.8, 4) is 0 Å². The van der Waals surface area contributed by atoms with Crippen molar-refractivity contribution >= 4 is 11.7 Å². The average molecular weight is 378 g/mol. The third-order valence-corrected chi connectivity index (χ3v) is 3.56. The Bertz CT molecular complexity index is 760. The standard InChI is InChI=1S/C16H13F6N3O/c1-10-6-5-9-23-12(10)24-14(15(17,18)19,16(20,21)22)25-13(26)11-7-3-2-4-8-11/h2-9H,1H3,(H,23,24)(H,25,26)/p+1. The first-order valence-electron chi connectivity index (χ1n) is 7.24. The lowest BCUT2D eigenvalue weighted by Crippen LogP contribution is -2.72. The molecule has 10 heteroatoms. The first-order chi connectivity index (χ1) is 12.0. The normalized spacial score (nSPS) is 12.6. The molecule has 0 bridgehead atoms. The lowest BCUT2D eigenvalue weighted by atomic mass is 10.1. The molecule has 0 unspecified atom stereocenters. The number of pyridine rings is 1. The molecular weight excluding hydrogens is 364 g/mol. The highest BCUT2D eigenvalue weighted by atomic mass is 19.4. The number of aryl methyl sites for hydroxylation is 1. The molecule has 0 aliphatic heterocycles. The summed E-state index contributed by atoms with van der Waals surface area (Å²) in [6.45, 7) is 1.31. The van der Waals surface area contributed by atoms with Crippen LogP contribution in [0, 0.1) is 6.92 Å². The summed E-state index contributed by atoms with van der Waals surface area (Å²) >= 11 is 0. The second kappa shape index (κ2) is 6.85. The second-order valence-corrected chi connectivity index (χ2v) is 5.42. The van der Waals surface area contributed by atoms with E-state index in [9.17, 15) is 31.1 Å². The molecule has 0 atom stereocenters. The number of anilines is 1. The molecule has 1 aromatic heterocycles. The summed E-state index contributed by atoms with van der Waals surface area (Å²) in [5.74, 6) is -2.06. The highest BCUT2D eigenvalue weighted by Gasteiger charge is 2.76. The zero-order chi connectivity index (χ0) is 19.6. The van der Waals surface area contributed by atoms with Crippen LogP contribution in [-0.2, 0) is 0 Å². The summed E-state index contributed by atoms with van der Waals surface area (Å²) in [6, 6.07) is 9.04. The van der Waals surface area contributed by atoms with Crippen LogP contribution in [-0.4, -0.2) is 23.9 Å². The summed E-state index contributed by atoms with van der Waals surface area (Å²) in [5, 5.41) is 2.49. The maximum Gasteiger partial charge on any atom is 0.462 e. The lowest BCUT2D eigenvalue weighted by Gasteiger charge is -2.34. The van der Waals surface area contributed by atoms with Crippen LogP contribution in [0.1, 0.15) is 15.9 Å². The second-order valence-electron chi connectivity index (χ2n) is 5.42. The van der Waals surface area contributed by atoms with Crippen LogP contribution in [0.4, 0.5) is 32.2 Å². The molecule has 3 N–H and O–H groups in total. The van der Waals surface area contributed by atoms with E-state index < -0.39 is 29.7 Å². The Kier molecular flexibility index (Phi) is 5.15. The Hall–Kier alpha value is -2.78. The Morgan fingerprint density at radius 1 is 0.923 bits per heavy atom. The van der Waals surface area contributed by atoms with Gasteiger partial charge in [-0.2, -0.15) is 26.3 Å². The van der Waals surface area contributed by atoms with Gasteiger partial charge in [0.1, 0.15) is 0 Å². The van der Waals surface area contributed by atoms with Gasteiger partial charge in [0.25, 0.3) is 11.7 Å². The molecule has 0 spiro atoms. The molecule has 140 valence electrons. The van der Waals surface area contributed by atoms with Crippen LogP contribution in [0.25, 0.3) is 0 Å². The Morgan fingerprint density at radius 2 is 1.50 bits per heavy atom. The van der Waals surface area contributed by atoms with Crippen molar-refractivity contribution in [1.29, 1.82) is 0 Å². The van der Waals surface area contributed by atoms with Crippen molar-refractivity contribution in [2.75, 3.05) is 5.32 Å². The molecule has 0 aliphatic carbocycles. The summed E-state index contributed by atoms with van der Waals surface area (Å²) < 4.78 is 81.3. The predicted molar refractivity (Wildman–Crippen MR) is 80.1 cm³/mol. The molecule has 1 aromatic carbocycles. The molecular formula is C16H14F6N3O+. The van der Waals surface area contributed by atoms with Gasteiger partial charge in [-0.3, -0.25) is 10.1 Å². The fraction of sp³-hybridized carbons (Fsp3) is 0.250. The van der Waals surface area contributed by atoms with Crippen molar-refractivity contribution < 1.29 is 36.1 Å². The molecule has 0 saturated heterocycles. The van der Waals surface area contributed by atoms with E-state index in [4.69, 9.17) is 0 Å². The summed E-state index contributed by atoms with van der Waals surface area (Å²) in [6.07, 6.45) is -10.6.